The van der Waals surface area contributed by atoms with Gasteiger partial charge in [0.25, 0.3) is 0 Å². The van der Waals surface area contributed by atoms with Crippen molar-refractivity contribution in [2.75, 3.05) is 5.75 Å². The molecular weight excluding hydrogens is 295 g/mol. The Hall–Kier alpha value is -1.94. The van der Waals surface area contributed by atoms with Crippen molar-refractivity contribution in [3.63, 3.8) is 0 Å². The van der Waals surface area contributed by atoms with Gasteiger partial charge in [0.1, 0.15) is 6.67 Å². The third-order valence-corrected chi connectivity index (χ3v) is 4.45. The van der Waals surface area contributed by atoms with Crippen LogP contribution in [0.1, 0.15) is 18.2 Å². The van der Waals surface area contributed by atoms with E-state index in [4.69, 9.17) is 4.98 Å². The van der Waals surface area contributed by atoms with Gasteiger partial charge in [-0.3, -0.25) is 0 Å². The predicted molar refractivity (Wildman–Crippen MR) is 90.9 cm³/mol. The number of benzene rings is 2. The summed E-state index contributed by atoms with van der Waals surface area (Å²) in [5, 5.41) is 0. The molecule has 0 saturated carbocycles. The first-order valence-electron chi connectivity index (χ1n) is 7.28. The first kappa shape index (κ1) is 15.0. The highest BCUT2D eigenvalue weighted by molar-refractivity contribution is 7.99. The predicted octanol–water partition coefficient (Wildman–Crippen LogP) is 5.19. The van der Waals surface area contributed by atoms with Crippen molar-refractivity contribution in [2.45, 2.75) is 25.4 Å². The first-order chi connectivity index (χ1) is 10.7. The highest BCUT2D eigenvalue weighted by Gasteiger charge is 2.12. The van der Waals surface area contributed by atoms with Gasteiger partial charge in [0.05, 0.1) is 22.4 Å². The topological polar surface area (TPSA) is 25.8 Å². The zero-order valence-electron chi connectivity index (χ0n) is 12.6. The Morgan fingerprint density at radius 3 is 2.64 bits per heavy atom. The molecule has 22 heavy (non-hydrogen) atoms. The van der Waals surface area contributed by atoms with E-state index in [0.29, 0.717) is 5.56 Å². The van der Waals surface area contributed by atoms with Crippen molar-refractivity contribution >= 4 is 22.8 Å². The van der Waals surface area contributed by atoms with Crippen molar-refractivity contribution < 1.29 is 4.39 Å². The maximum absolute atomic E-state index is 12.8. The molecule has 3 aromatic rings. The molecule has 4 heteroatoms. The molecule has 0 N–H and O–H groups in total. The van der Waals surface area contributed by atoms with Crippen molar-refractivity contribution in [1.29, 1.82) is 0 Å². The van der Waals surface area contributed by atoms with Gasteiger partial charge in [0.15, 0.2) is 0 Å². The summed E-state index contributed by atoms with van der Waals surface area (Å²) in [6, 6.07) is 13.6. The molecule has 0 atom stereocenters. The number of fused-ring (bicyclic) bond motifs is 1. The number of thioether (sulfide) groups is 1. The summed E-state index contributed by atoms with van der Waals surface area (Å²) < 4.78 is 12.8. The molecule has 0 spiro atoms. The van der Waals surface area contributed by atoms with Crippen molar-refractivity contribution in [1.82, 2.24) is 9.97 Å². The van der Waals surface area contributed by atoms with E-state index in [0.717, 1.165) is 33.7 Å². The number of aromatic nitrogens is 2. The molecule has 2 nitrogen and oxygen atoms in total. The van der Waals surface area contributed by atoms with Gasteiger partial charge in [-0.2, -0.15) is 0 Å². The summed E-state index contributed by atoms with van der Waals surface area (Å²) in [5.41, 5.74) is 5.06. The van der Waals surface area contributed by atoms with Gasteiger partial charge in [-0.1, -0.05) is 31.2 Å². The normalized spacial score (nSPS) is 11.0. The van der Waals surface area contributed by atoms with Crippen LogP contribution in [-0.2, 0) is 6.67 Å². The Bertz CT molecular complexity index is 817. The van der Waals surface area contributed by atoms with E-state index in [-0.39, 0.29) is 0 Å². The summed E-state index contributed by atoms with van der Waals surface area (Å²) in [5.74, 6) is 1.01. The standard InChI is InChI=1S/C18H17FN2S/c1-3-22-17-7-5-4-6-14(17)18-12(2)20-16-10-13(11-19)8-9-15(16)21-18/h4-10H,3,11H2,1-2H3. The third-order valence-electron chi connectivity index (χ3n) is 3.50. The molecule has 0 unspecified atom stereocenters. The van der Waals surface area contributed by atoms with E-state index < -0.39 is 6.67 Å². The second-order valence-corrected chi connectivity index (χ2v) is 6.35. The van der Waals surface area contributed by atoms with Gasteiger partial charge in [-0.05, 0) is 36.4 Å². The second kappa shape index (κ2) is 6.44. The number of halogens is 1. The number of hydrogen-bond acceptors (Lipinski definition) is 3. The second-order valence-electron chi connectivity index (χ2n) is 5.04. The van der Waals surface area contributed by atoms with E-state index in [1.165, 1.54) is 4.90 Å². The molecule has 0 saturated heterocycles. The molecule has 0 radical (unpaired) electrons. The summed E-state index contributed by atoms with van der Waals surface area (Å²) >= 11 is 1.80. The molecule has 0 aliphatic heterocycles. The van der Waals surface area contributed by atoms with E-state index in [1.807, 2.05) is 25.1 Å². The van der Waals surface area contributed by atoms with E-state index in [2.05, 4.69) is 24.0 Å². The molecule has 0 aliphatic rings. The SMILES string of the molecule is CCSc1ccccc1-c1nc2ccc(CF)cc2nc1C. The van der Waals surface area contributed by atoms with E-state index in [1.54, 1.807) is 23.9 Å². The monoisotopic (exact) mass is 312 g/mol. The van der Waals surface area contributed by atoms with Gasteiger partial charge in [-0.25, -0.2) is 14.4 Å². The minimum atomic E-state index is -0.478. The van der Waals surface area contributed by atoms with Crippen LogP contribution >= 0.6 is 11.8 Å². The van der Waals surface area contributed by atoms with Crippen LogP contribution < -0.4 is 0 Å². The fourth-order valence-corrected chi connectivity index (χ4v) is 3.28. The number of rotatable bonds is 4. The van der Waals surface area contributed by atoms with Crippen molar-refractivity contribution in [3.8, 4) is 11.3 Å². The van der Waals surface area contributed by atoms with Crippen LogP contribution in [0.15, 0.2) is 47.4 Å². The summed E-state index contributed by atoms with van der Waals surface area (Å²) in [6.45, 7) is 3.62. The third kappa shape index (κ3) is 2.83. The van der Waals surface area contributed by atoms with Gasteiger partial charge in [0.2, 0.25) is 0 Å². The Morgan fingerprint density at radius 1 is 1.05 bits per heavy atom. The molecule has 0 bridgehead atoms. The van der Waals surface area contributed by atoms with Gasteiger partial charge in [-0.15, -0.1) is 11.8 Å². The van der Waals surface area contributed by atoms with Crippen LogP contribution in [0, 0.1) is 6.92 Å². The lowest BCUT2D eigenvalue weighted by Gasteiger charge is -2.11. The van der Waals surface area contributed by atoms with Crippen LogP contribution in [0.25, 0.3) is 22.3 Å². The Kier molecular flexibility index (Phi) is 4.39. The van der Waals surface area contributed by atoms with Gasteiger partial charge >= 0.3 is 0 Å². The number of alkyl halides is 1. The van der Waals surface area contributed by atoms with Crippen molar-refractivity contribution in [3.05, 3.63) is 53.7 Å². The van der Waals surface area contributed by atoms with Gasteiger partial charge in [0, 0.05) is 10.5 Å². The Balaban J connectivity index is 2.17. The molecule has 1 heterocycles. The van der Waals surface area contributed by atoms with Crippen LogP contribution in [0.2, 0.25) is 0 Å². The molecule has 3 rings (SSSR count). The molecule has 2 aromatic carbocycles. The van der Waals surface area contributed by atoms with Crippen LogP contribution in [0.4, 0.5) is 4.39 Å². The smallest absolute Gasteiger partial charge is 0.115 e. The number of aryl methyl sites for hydroxylation is 1. The largest absolute Gasteiger partial charge is 0.249 e. The lowest BCUT2D eigenvalue weighted by atomic mass is 10.1. The molecule has 0 amide bonds. The summed E-state index contributed by atoms with van der Waals surface area (Å²) in [6.07, 6.45) is 0. The molecule has 0 fully saturated rings. The van der Waals surface area contributed by atoms with Crippen molar-refractivity contribution in [2.24, 2.45) is 0 Å². The Morgan fingerprint density at radius 2 is 1.86 bits per heavy atom. The highest BCUT2D eigenvalue weighted by atomic mass is 32.2. The zero-order chi connectivity index (χ0) is 15.5. The fraction of sp³-hybridized carbons (Fsp3) is 0.222. The van der Waals surface area contributed by atoms with E-state index >= 15 is 0 Å². The lowest BCUT2D eigenvalue weighted by Crippen LogP contribution is -1.96. The van der Waals surface area contributed by atoms with Gasteiger partial charge < -0.3 is 0 Å². The zero-order valence-corrected chi connectivity index (χ0v) is 13.5. The maximum atomic E-state index is 12.8. The lowest BCUT2D eigenvalue weighted by molar-refractivity contribution is 0.485. The summed E-state index contributed by atoms with van der Waals surface area (Å²) in [7, 11) is 0. The molecule has 0 aliphatic carbocycles. The fourth-order valence-electron chi connectivity index (χ4n) is 2.47. The Labute approximate surface area is 133 Å². The number of hydrogen-bond donors (Lipinski definition) is 0. The quantitative estimate of drug-likeness (QED) is 0.620. The summed E-state index contributed by atoms with van der Waals surface area (Å²) in [4.78, 5) is 10.6. The van der Waals surface area contributed by atoms with Crippen LogP contribution in [-0.4, -0.2) is 15.7 Å². The molecule has 112 valence electrons. The minimum Gasteiger partial charge on any atom is -0.249 e. The average molecular weight is 312 g/mol. The molecular formula is C18H17FN2S. The average Bonchev–Trinajstić information content (AvgIpc) is 2.54. The highest BCUT2D eigenvalue weighted by Crippen LogP contribution is 2.32. The number of nitrogens with zero attached hydrogens (tertiary/aromatic N) is 2. The van der Waals surface area contributed by atoms with Crippen LogP contribution in [0.5, 0.6) is 0 Å². The molecule has 1 aromatic heterocycles. The minimum absolute atomic E-state index is 0.478. The first-order valence-corrected chi connectivity index (χ1v) is 8.27. The van der Waals surface area contributed by atoms with E-state index in [9.17, 15) is 4.39 Å². The maximum Gasteiger partial charge on any atom is 0.115 e. The van der Waals surface area contributed by atoms with Crippen LogP contribution in [0.3, 0.4) is 0 Å².